The summed E-state index contributed by atoms with van der Waals surface area (Å²) in [6, 6.07) is 7.59. The van der Waals surface area contributed by atoms with E-state index < -0.39 is 6.10 Å². The van der Waals surface area contributed by atoms with Crippen molar-refractivity contribution >= 4 is 5.97 Å². The van der Waals surface area contributed by atoms with Crippen LogP contribution in [0.2, 0.25) is 0 Å². The molecule has 1 rings (SSSR count). The molecule has 1 aromatic carbocycles. The largest absolute Gasteiger partial charge is 0.424 e. The van der Waals surface area contributed by atoms with Crippen molar-refractivity contribution in [2.75, 3.05) is 6.61 Å². The molecule has 0 bridgehead atoms. The minimum absolute atomic E-state index is 0.321. The summed E-state index contributed by atoms with van der Waals surface area (Å²) in [5.41, 5.74) is 1.03. The Morgan fingerprint density at radius 1 is 1.24 bits per heavy atom. The van der Waals surface area contributed by atoms with Crippen molar-refractivity contribution in [1.29, 1.82) is 0 Å². The van der Waals surface area contributed by atoms with Crippen molar-refractivity contribution in [2.45, 2.75) is 39.7 Å². The van der Waals surface area contributed by atoms with E-state index in [1.165, 1.54) is 0 Å². The lowest BCUT2D eigenvalue weighted by molar-refractivity contribution is -0.145. The molecule has 0 spiro atoms. The molecule has 0 radical (unpaired) electrons. The van der Waals surface area contributed by atoms with Crippen LogP contribution in [0.25, 0.3) is 0 Å². The highest BCUT2D eigenvalue weighted by Gasteiger charge is 2.17. The van der Waals surface area contributed by atoms with E-state index in [4.69, 9.17) is 9.47 Å². The van der Waals surface area contributed by atoms with E-state index in [0.29, 0.717) is 18.3 Å². The van der Waals surface area contributed by atoms with Crippen LogP contribution >= 0.6 is 0 Å². The van der Waals surface area contributed by atoms with E-state index in [1.54, 1.807) is 6.92 Å². The smallest absolute Gasteiger partial charge is 0.340 e. The predicted octanol–water partition coefficient (Wildman–Crippen LogP) is 3.14. The maximum Gasteiger partial charge on any atom is 0.340 e. The van der Waals surface area contributed by atoms with Crippen LogP contribution in [0.5, 0.6) is 5.75 Å². The highest BCUT2D eigenvalue weighted by Crippen LogP contribution is 2.26. The minimum atomic E-state index is -0.528. The van der Waals surface area contributed by atoms with Gasteiger partial charge < -0.3 is 9.47 Å². The molecule has 0 fully saturated rings. The summed E-state index contributed by atoms with van der Waals surface area (Å²) in [6.07, 6.45) is -0.528. The van der Waals surface area contributed by atoms with Crippen molar-refractivity contribution in [3.63, 3.8) is 0 Å². The third kappa shape index (κ3) is 3.86. The van der Waals surface area contributed by atoms with Gasteiger partial charge in [0, 0.05) is 6.61 Å². The van der Waals surface area contributed by atoms with Crippen LogP contribution in [-0.2, 0) is 9.53 Å². The topological polar surface area (TPSA) is 35.5 Å². The van der Waals surface area contributed by atoms with Crippen molar-refractivity contribution in [3.8, 4) is 5.75 Å². The van der Waals surface area contributed by atoms with E-state index in [2.05, 4.69) is 13.8 Å². The molecular weight excluding hydrogens is 216 g/mol. The Balaban J connectivity index is 2.77. The van der Waals surface area contributed by atoms with Crippen molar-refractivity contribution in [2.24, 2.45) is 0 Å². The number of para-hydroxylation sites is 1. The van der Waals surface area contributed by atoms with Crippen molar-refractivity contribution in [1.82, 2.24) is 0 Å². The van der Waals surface area contributed by atoms with E-state index >= 15 is 0 Å². The second-order valence-corrected chi connectivity index (χ2v) is 4.21. The lowest BCUT2D eigenvalue weighted by atomic mass is 10.0. The minimum Gasteiger partial charge on any atom is -0.424 e. The summed E-state index contributed by atoms with van der Waals surface area (Å²) in [5, 5.41) is 0. The Labute approximate surface area is 103 Å². The first-order chi connectivity index (χ1) is 8.06. The Hall–Kier alpha value is -1.35. The molecule has 3 heteroatoms. The first-order valence-electron chi connectivity index (χ1n) is 5.98. The summed E-state index contributed by atoms with van der Waals surface area (Å²) in [5.74, 6) is 0.598. The number of hydrogen-bond acceptors (Lipinski definition) is 3. The van der Waals surface area contributed by atoms with Crippen LogP contribution in [0.1, 0.15) is 39.2 Å². The van der Waals surface area contributed by atoms with Crippen molar-refractivity contribution < 1.29 is 14.3 Å². The number of benzene rings is 1. The standard InChI is InChI=1S/C14H20O3/c1-5-16-11(4)14(15)17-13-9-7-6-8-12(13)10(2)3/h6-11H,5H2,1-4H3. The van der Waals surface area contributed by atoms with E-state index in [0.717, 1.165) is 5.56 Å². The normalized spacial score (nSPS) is 12.5. The molecule has 3 nitrogen and oxygen atoms in total. The zero-order valence-electron chi connectivity index (χ0n) is 10.9. The average molecular weight is 236 g/mol. The number of carbonyl (C=O) groups excluding carboxylic acids is 1. The number of esters is 1. The maximum atomic E-state index is 11.7. The highest BCUT2D eigenvalue weighted by molar-refractivity contribution is 5.77. The fraction of sp³-hybridized carbons (Fsp3) is 0.500. The zero-order valence-corrected chi connectivity index (χ0v) is 10.9. The van der Waals surface area contributed by atoms with Gasteiger partial charge in [-0.05, 0) is 31.4 Å². The molecule has 94 valence electrons. The summed E-state index contributed by atoms with van der Waals surface area (Å²) >= 11 is 0. The molecule has 17 heavy (non-hydrogen) atoms. The molecule has 1 atom stereocenters. The van der Waals surface area contributed by atoms with Crippen LogP contribution in [-0.4, -0.2) is 18.7 Å². The predicted molar refractivity (Wildman–Crippen MR) is 67.3 cm³/mol. The molecule has 0 aliphatic heterocycles. The van der Waals surface area contributed by atoms with Gasteiger partial charge in [0.05, 0.1) is 0 Å². The average Bonchev–Trinajstić information content (AvgIpc) is 2.29. The second kappa shape index (κ2) is 6.40. The van der Waals surface area contributed by atoms with Crippen LogP contribution in [0.4, 0.5) is 0 Å². The zero-order chi connectivity index (χ0) is 12.8. The quantitative estimate of drug-likeness (QED) is 0.582. The molecule has 0 amide bonds. The van der Waals surface area contributed by atoms with E-state index in [9.17, 15) is 4.79 Å². The molecule has 0 saturated carbocycles. The fourth-order valence-corrected chi connectivity index (χ4v) is 1.56. The van der Waals surface area contributed by atoms with Gasteiger partial charge in [0.2, 0.25) is 0 Å². The SMILES string of the molecule is CCOC(C)C(=O)Oc1ccccc1C(C)C. The molecule has 1 aromatic rings. The Bertz CT molecular complexity index is 371. The maximum absolute atomic E-state index is 11.7. The molecular formula is C14H20O3. The van der Waals surface area contributed by atoms with Crippen LogP contribution in [0.3, 0.4) is 0 Å². The number of ether oxygens (including phenoxy) is 2. The van der Waals surface area contributed by atoms with Gasteiger partial charge in [-0.25, -0.2) is 4.79 Å². The monoisotopic (exact) mass is 236 g/mol. The molecule has 0 saturated heterocycles. The molecule has 0 aliphatic carbocycles. The van der Waals surface area contributed by atoms with Gasteiger partial charge in [-0.15, -0.1) is 0 Å². The number of rotatable bonds is 5. The third-order valence-electron chi connectivity index (χ3n) is 2.50. The van der Waals surface area contributed by atoms with Gasteiger partial charge >= 0.3 is 5.97 Å². The van der Waals surface area contributed by atoms with Crippen LogP contribution in [0.15, 0.2) is 24.3 Å². The number of carbonyl (C=O) groups is 1. The van der Waals surface area contributed by atoms with Gasteiger partial charge in [0.25, 0.3) is 0 Å². The number of hydrogen-bond donors (Lipinski definition) is 0. The lowest BCUT2D eigenvalue weighted by Gasteiger charge is -2.15. The second-order valence-electron chi connectivity index (χ2n) is 4.21. The van der Waals surface area contributed by atoms with E-state index in [-0.39, 0.29) is 5.97 Å². The molecule has 0 N–H and O–H groups in total. The summed E-state index contributed by atoms with van der Waals surface area (Å²) in [7, 11) is 0. The summed E-state index contributed by atoms with van der Waals surface area (Å²) < 4.78 is 10.6. The van der Waals surface area contributed by atoms with Gasteiger partial charge in [-0.1, -0.05) is 32.0 Å². The molecule has 0 aromatic heterocycles. The van der Waals surface area contributed by atoms with Gasteiger partial charge in [0.15, 0.2) is 6.10 Å². The molecule has 0 aliphatic rings. The molecule has 1 unspecified atom stereocenters. The van der Waals surface area contributed by atoms with Crippen molar-refractivity contribution in [3.05, 3.63) is 29.8 Å². The van der Waals surface area contributed by atoms with Crippen LogP contribution in [0, 0.1) is 0 Å². The van der Waals surface area contributed by atoms with Gasteiger partial charge in [-0.3, -0.25) is 0 Å². The summed E-state index contributed by atoms with van der Waals surface area (Å²) in [6.45, 7) is 8.19. The highest BCUT2D eigenvalue weighted by atomic mass is 16.6. The van der Waals surface area contributed by atoms with Gasteiger partial charge in [-0.2, -0.15) is 0 Å². The molecule has 0 heterocycles. The first-order valence-corrected chi connectivity index (χ1v) is 5.98. The third-order valence-corrected chi connectivity index (χ3v) is 2.50. The lowest BCUT2D eigenvalue weighted by Crippen LogP contribution is -2.26. The summed E-state index contributed by atoms with van der Waals surface area (Å²) in [4.78, 5) is 11.7. The Kier molecular flexibility index (Phi) is 5.16. The van der Waals surface area contributed by atoms with Crippen LogP contribution < -0.4 is 4.74 Å². The van der Waals surface area contributed by atoms with E-state index in [1.807, 2.05) is 31.2 Å². The van der Waals surface area contributed by atoms with Gasteiger partial charge in [0.1, 0.15) is 5.75 Å². The fourth-order valence-electron chi connectivity index (χ4n) is 1.56. The first kappa shape index (κ1) is 13.7. The Morgan fingerprint density at radius 3 is 2.47 bits per heavy atom. The Morgan fingerprint density at radius 2 is 1.88 bits per heavy atom.